The maximum Gasteiger partial charge on any atom is 0.264 e. The van der Waals surface area contributed by atoms with Crippen LogP contribution in [-0.2, 0) is 14.8 Å². The summed E-state index contributed by atoms with van der Waals surface area (Å²) < 4.78 is 39.6. The molecule has 0 atom stereocenters. The standard InChI is InChI=1S/C27H30N2O5S/c1-20-11-17-24(18-12-20)35(31,32)29(25-9-5-6-10-26(25)33-2)19-27(30)28-21-13-15-23(16-14-21)34-22-7-3-4-8-22/h5-6,9-18,22H,3-4,7-8,19H2,1-2H3,(H,28,30). The summed E-state index contributed by atoms with van der Waals surface area (Å²) >= 11 is 0. The molecule has 0 bridgehead atoms. The molecule has 184 valence electrons. The van der Waals surface area contributed by atoms with Crippen molar-refractivity contribution in [2.24, 2.45) is 0 Å². The van der Waals surface area contributed by atoms with Crippen LogP contribution in [0.15, 0.2) is 77.7 Å². The molecule has 1 saturated carbocycles. The first-order chi connectivity index (χ1) is 16.9. The highest BCUT2D eigenvalue weighted by molar-refractivity contribution is 7.92. The second-order valence-electron chi connectivity index (χ2n) is 8.59. The van der Waals surface area contributed by atoms with Gasteiger partial charge in [0.15, 0.2) is 0 Å². The Morgan fingerprint density at radius 3 is 2.29 bits per heavy atom. The molecular weight excluding hydrogens is 464 g/mol. The summed E-state index contributed by atoms with van der Waals surface area (Å²) in [6, 6.07) is 20.4. The summed E-state index contributed by atoms with van der Waals surface area (Å²) in [7, 11) is -2.58. The van der Waals surface area contributed by atoms with Crippen molar-refractivity contribution in [3.05, 3.63) is 78.4 Å². The molecular formula is C27H30N2O5S. The lowest BCUT2D eigenvalue weighted by atomic mass is 10.2. The molecule has 0 spiro atoms. The summed E-state index contributed by atoms with van der Waals surface area (Å²) in [5, 5.41) is 2.79. The van der Waals surface area contributed by atoms with Gasteiger partial charge in [-0.15, -0.1) is 0 Å². The summed E-state index contributed by atoms with van der Waals surface area (Å²) in [6.07, 6.45) is 4.75. The van der Waals surface area contributed by atoms with Crippen molar-refractivity contribution in [2.45, 2.75) is 43.6 Å². The van der Waals surface area contributed by atoms with Gasteiger partial charge in [-0.1, -0.05) is 29.8 Å². The van der Waals surface area contributed by atoms with Crippen molar-refractivity contribution in [2.75, 3.05) is 23.3 Å². The van der Waals surface area contributed by atoms with Gasteiger partial charge >= 0.3 is 0 Å². The van der Waals surface area contributed by atoms with Gasteiger partial charge in [-0.2, -0.15) is 0 Å². The van der Waals surface area contributed by atoms with Crippen LogP contribution in [-0.4, -0.2) is 34.1 Å². The van der Waals surface area contributed by atoms with Crippen LogP contribution in [0.3, 0.4) is 0 Å². The topological polar surface area (TPSA) is 84.9 Å². The first-order valence-corrected chi connectivity index (χ1v) is 13.1. The third-order valence-electron chi connectivity index (χ3n) is 5.99. The predicted molar refractivity (Wildman–Crippen MR) is 137 cm³/mol. The lowest BCUT2D eigenvalue weighted by Gasteiger charge is -2.25. The van der Waals surface area contributed by atoms with E-state index in [1.165, 1.54) is 32.1 Å². The van der Waals surface area contributed by atoms with Gasteiger partial charge < -0.3 is 14.8 Å². The molecule has 1 N–H and O–H groups in total. The molecule has 0 aromatic heterocycles. The summed E-state index contributed by atoms with van der Waals surface area (Å²) in [6.45, 7) is 1.46. The number of carbonyl (C=O) groups excluding carboxylic acids is 1. The van der Waals surface area contributed by atoms with Gasteiger partial charge in [-0.3, -0.25) is 9.10 Å². The fraction of sp³-hybridized carbons (Fsp3) is 0.296. The number of nitrogens with one attached hydrogen (secondary N) is 1. The molecule has 0 aliphatic heterocycles. The number of hydrogen-bond acceptors (Lipinski definition) is 5. The van der Waals surface area contributed by atoms with E-state index in [0.717, 1.165) is 28.5 Å². The van der Waals surface area contributed by atoms with Crippen LogP contribution < -0.4 is 19.1 Å². The molecule has 1 fully saturated rings. The number of anilines is 2. The van der Waals surface area contributed by atoms with E-state index in [0.29, 0.717) is 11.4 Å². The Morgan fingerprint density at radius 1 is 0.971 bits per heavy atom. The third-order valence-corrected chi connectivity index (χ3v) is 7.77. The lowest BCUT2D eigenvalue weighted by molar-refractivity contribution is -0.114. The van der Waals surface area contributed by atoms with Crippen LogP contribution in [0.5, 0.6) is 11.5 Å². The number of aryl methyl sites for hydroxylation is 1. The second kappa shape index (κ2) is 10.8. The summed E-state index contributed by atoms with van der Waals surface area (Å²) in [5.74, 6) is 0.632. The van der Waals surface area contributed by atoms with Crippen molar-refractivity contribution < 1.29 is 22.7 Å². The van der Waals surface area contributed by atoms with Crippen molar-refractivity contribution >= 4 is 27.3 Å². The number of hydrogen-bond donors (Lipinski definition) is 1. The number of sulfonamides is 1. The van der Waals surface area contributed by atoms with E-state index >= 15 is 0 Å². The zero-order chi connectivity index (χ0) is 24.8. The highest BCUT2D eigenvalue weighted by Gasteiger charge is 2.29. The first-order valence-electron chi connectivity index (χ1n) is 11.7. The molecule has 0 heterocycles. The Morgan fingerprint density at radius 2 is 1.63 bits per heavy atom. The fourth-order valence-corrected chi connectivity index (χ4v) is 5.55. The van der Waals surface area contributed by atoms with Crippen molar-refractivity contribution in [3.8, 4) is 11.5 Å². The predicted octanol–water partition coefficient (Wildman–Crippen LogP) is 5.16. The van der Waals surface area contributed by atoms with Gasteiger partial charge in [0.25, 0.3) is 10.0 Å². The van der Waals surface area contributed by atoms with Gasteiger partial charge in [-0.05, 0) is 81.1 Å². The number of methoxy groups -OCH3 is 1. The van der Waals surface area contributed by atoms with Crippen molar-refractivity contribution in [1.82, 2.24) is 0 Å². The van der Waals surface area contributed by atoms with Crippen molar-refractivity contribution in [3.63, 3.8) is 0 Å². The molecule has 0 unspecified atom stereocenters. The Labute approximate surface area is 206 Å². The first kappa shape index (κ1) is 24.6. The molecule has 8 heteroatoms. The summed E-state index contributed by atoms with van der Waals surface area (Å²) in [4.78, 5) is 13.1. The normalized spacial score (nSPS) is 13.9. The van der Waals surface area contributed by atoms with Gasteiger partial charge in [0.05, 0.1) is 23.8 Å². The number of rotatable bonds is 9. The fourth-order valence-electron chi connectivity index (χ4n) is 4.12. The molecule has 7 nitrogen and oxygen atoms in total. The van der Waals surface area contributed by atoms with E-state index in [4.69, 9.17) is 9.47 Å². The third kappa shape index (κ3) is 5.95. The molecule has 4 rings (SSSR count). The van der Waals surface area contributed by atoms with Gasteiger partial charge in [0.2, 0.25) is 5.91 Å². The maximum absolute atomic E-state index is 13.6. The SMILES string of the molecule is COc1ccccc1N(CC(=O)Nc1ccc(OC2CCCC2)cc1)S(=O)(=O)c1ccc(C)cc1. The minimum Gasteiger partial charge on any atom is -0.495 e. The van der Waals surface area contributed by atoms with Crippen LogP contribution in [0, 0.1) is 6.92 Å². The van der Waals surface area contributed by atoms with E-state index in [1.54, 1.807) is 48.5 Å². The van der Waals surface area contributed by atoms with E-state index in [-0.39, 0.29) is 16.7 Å². The number of carbonyl (C=O) groups is 1. The van der Waals surface area contributed by atoms with Gasteiger partial charge in [-0.25, -0.2) is 8.42 Å². The molecule has 0 radical (unpaired) electrons. The number of nitrogens with zero attached hydrogens (tertiary/aromatic N) is 1. The number of ether oxygens (including phenoxy) is 2. The second-order valence-corrected chi connectivity index (χ2v) is 10.5. The molecule has 1 aliphatic carbocycles. The molecule has 1 amide bonds. The van der Waals surface area contributed by atoms with Crippen LogP contribution in [0.2, 0.25) is 0 Å². The van der Waals surface area contributed by atoms with E-state index < -0.39 is 22.5 Å². The minimum atomic E-state index is -4.04. The van der Waals surface area contributed by atoms with Gasteiger partial charge in [0, 0.05) is 5.69 Å². The van der Waals surface area contributed by atoms with Crippen LogP contribution in [0.25, 0.3) is 0 Å². The zero-order valence-electron chi connectivity index (χ0n) is 19.9. The van der Waals surface area contributed by atoms with Crippen LogP contribution in [0.4, 0.5) is 11.4 Å². The lowest BCUT2D eigenvalue weighted by Crippen LogP contribution is -2.38. The minimum absolute atomic E-state index is 0.0928. The van der Waals surface area contributed by atoms with E-state index in [1.807, 2.05) is 19.1 Å². The van der Waals surface area contributed by atoms with Crippen LogP contribution in [0.1, 0.15) is 31.2 Å². The molecule has 0 saturated heterocycles. The number of amides is 1. The Kier molecular flexibility index (Phi) is 7.60. The molecule has 3 aromatic rings. The Balaban J connectivity index is 1.55. The number of benzene rings is 3. The van der Waals surface area contributed by atoms with Crippen LogP contribution >= 0.6 is 0 Å². The Hall–Kier alpha value is -3.52. The maximum atomic E-state index is 13.6. The molecule has 35 heavy (non-hydrogen) atoms. The van der Waals surface area contributed by atoms with E-state index in [9.17, 15) is 13.2 Å². The molecule has 3 aromatic carbocycles. The zero-order valence-corrected chi connectivity index (χ0v) is 20.8. The summed E-state index contributed by atoms with van der Waals surface area (Å²) in [5.41, 5.74) is 1.78. The highest BCUT2D eigenvalue weighted by Crippen LogP contribution is 2.32. The average Bonchev–Trinajstić information content (AvgIpc) is 3.37. The van der Waals surface area contributed by atoms with Crippen molar-refractivity contribution in [1.29, 1.82) is 0 Å². The highest BCUT2D eigenvalue weighted by atomic mass is 32.2. The average molecular weight is 495 g/mol. The number of para-hydroxylation sites is 2. The monoisotopic (exact) mass is 494 g/mol. The quantitative estimate of drug-likeness (QED) is 0.444. The Bertz CT molecular complexity index is 1250. The largest absolute Gasteiger partial charge is 0.495 e. The smallest absolute Gasteiger partial charge is 0.264 e. The van der Waals surface area contributed by atoms with E-state index in [2.05, 4.69) is 5.32 Å². The molecule has 1 aliphatic rings. The van der Waals surface area contributed by atoms with Gasteiger partial charge in [0.1, 0.15) is 18.0 Å².